The average Bonchev–Trinajstić information content (AvgIpc) is 1.93. The Hall–Kier alpha value is -1.000. The molecular weight excluding hydrogens is 133 g/mol. The minimum absolute atomic E-state index is 0.806. The maximum absolute atomic E-state index is 7.32. The second-order valence-electron chi connectivity index (χ2n) is 1.03. The molecule has 0 bridgehead atoms. The Bertz CT molecular complexity index is 143. The fraction of sp³-hybridized carbons (Fsp3) is 0.200. The van der Waals surface area contributed by atoms with Crippen LogP contribution in [-0.2, 0) is 0 Å². The number of hydrogen-bond acceptors (Lipinski definition) is 3. The van der Waals surface area contributed by atoms with Crippen LogP contribution in [-0.4, -0.2) is 9.49 Å². The lowest BCUT2D eigenvalue weighted by Gasteiger charge is -1.68. The van der Waals surface area contributed by atoms with E-state index in [4.69, 9.17) is 5.26 Å². The number of rotatable bonds is 0. The number of hydrogen-bond donors (Lipinski definition) is 0. The molecule has 9 heavy (non-hydrogen) atoms. The molecule has 0 amide bonds. The predicted octanol–water partition coefficient (Wildman–Crippen LogP) is 1.59. The lowest BCUT2D eigenvalue weighted by Crippen LogP contribution is -1.57. The summed E-state index contributed by atoms with van der Waals surface area (Å²) >= 11 is 0. The quantitative estimate of drug-likeness (QED) is 0.548. The molecule has 0 N–H and O–H groups in total. The van der Waals surface area contributed by atoms with Gasteiger partial charge < -0.3 is 0 Å². The highest BCUT2D eigenvalue weighted by molar-refractivity contribution is 7.20. The minimum Gasteiger partial charge on any atom is -0.217 e. The molecule has 0 spiro atoms. The van der Waals surface area contributed by atoms with E-state index < -0.39 is 0 Å². The Labute approximate surface area is 55.6 Å². The zero-order valence-electron chi connectivity index (χ0n) is 5.02. The van der Waals surface area contributed by atoms with Crippen molar-refractivity contribution in [2.24, 2.45) is 0 Å². The van der Waals surface area contributed by atoms with E-state index >= 15 is 0 Å². The smallest absolute Gasteiger partial charge is 0.153 e. The van der Waals surface area contributed by atoms with Gasteiger partial charge in [-0.25, -0.2) is 9.49 Å². The van der Waals surface area contributed by atoms with Gasteiger partial charge in [0.25, 0.3) is 0 Å². The molecule has 1 rings (SSSR count). The van der Waals surface area contributed by atoms with E-state index in [1.54, 1.807) is 24.5 Å². The van der Waals surface area contributed by atoms with Crippen LogP contribution in [0.15, 0.2) is 18.5 Å². The molecule has 0 saturated heterocycles. The zero-order valence-corrected chi connectivity index (χ0v) is 5.92. The summed E-state index contributed by atoms with van der Waals surface area (Å²) in [5.74, 6) is 0. The Balaban J connectivity index is 0.000000187. The maximum Gasteiger partial charge on any atom is 0.153 e. The van der Waals surface area contributed by atoms with Crippen LogP contribution < -0.4 is 0 Å². The van der Waals surface area contributed by atoms with Gasteiger partial charge in [-0.3, -0.25) is 0 Å². The molecule has 3 nitrogen and oxygen atoms in total. The van der Waals surface area contributed by atoms with E-state index in [2.05, 4.69) is 9.49 Å². The molecule has 1 aromatic heterocycles. The molecular formula is C5H6N3P. The van der Waals surface area contributed by atoms with E-state index in [0.717, 1.165) is 8.51 Å². The molecule has 0 fully saturated rings. The summed E-state index contributed by atoms with van der Waals surface area (Å²) in [4.78, 5) is 0. The summed E-state index contributed by atoms with van der Waals surface area (Å²) < 4.78 is 7.54. The van der Waals surface area contributed by atoms with Crippen LogP contribution in [0.3, 0.4) is 0 Å². The highest BCUT2D eigenvalue weighted by atomic mass is 31.1. The summed E-state index contributed by atoms with van der Waals surface area (Å²) in [6.07, 6.45) is 3.46. The van der Waals surface area contributed by atoms with Crippen molar-refractivity contribution in [3.05, 3.63) is 18.5 Å². The zero-order chi connectivity index (χ0) is 6.95. The van der Waals surface area contributed by atoms with E-state index in [-0.39, 0.29) is 0 Å². The predicted molar refractivity (Wildman–Crippen MR) is 35.8 cm³/mol. The fourth-order valence-corrected chi connectivity index (χ4v) is 0.538. The third-order valence-corrected chi connectivity index (χ3v) is 0.882. The van der Waals surface area contributed by atoms with E-state index in [1.807, 2.05) is 0 Å². The van der Waals surface area contributed by atoms with Crippen LogP contribution in [0.1, 0.15) is 6.92 Å². The minimum atomic E-state index is 0.806. The molecule has 1 heterocycles. The second kappa shape index (κ2) is 7.00. The van der Waals surface area contributed by atoms with Gasteiger partial charge in [0.1, 0.15) is 0 Å². The molecule has 0 aliphatic heterocycles. The lowest BCUT2D eigenvalue weighted by atomic mass is 10.7. The van der Waals surface area contributed by atoms with Gasteiger partial charge in [-0.15, -0.1) is 0 Å². The van der Waals surface area contributed by atoms with Crippen molar-refractivity contribution in [3.63, 3.8) is 0 Å². The van der Waals surface area contributed by atoms with Crippen LogP contribution in [0.25, 0.3) is 0 Å². The molecule has 0 aliphatic carbocycles. The van der Waals surface area contributed by atoms with Crippen molar-refractivity contribution in [2.45, 2.75) is 6.92 Å². The standard InChI is InChI=1S/C3H3N2P.C2H3N/c1-2-4-6-5-3-1;1-2-3/h1-3H;1H3. The monoisotopic (exact) mass is 139 g/mol. The Morgan fingerprint density at radius 1 is 1.44 bits per heavy atom. The van der Waals surface area contributed by atoms with Gasteiger partial charge in [-0.1, -0.05) is 0 Å². The van der Waals surface area contributed by atoms with Gasteiger partial charge in [0.2, 0.25) is 0 Å². The van der Waals surface area contributed by atoms with Crippen molar-refractivity contribution < 1.29 is 0 Å². The maximum atomic E-state index is 7.32. The van der Waals surface area contributed by atoms with E-state index in [0.29, 0.717) is 0 Å². The Morgan fingerprint density at radius 2 is 1.89 bits per heavy atom. The molecule has 1 aromatic rings. The molecule has 4 heteroatoms. The van der Waals surface area contributed by atoms with Crippen molar-refractivity contribution in [2.75, 3.05) is 0 Å². The van der Waals surface area contributed by atoms with Crippen LogP contribution in [0.5, 0.6) is 0 Å². The van der Waals surface area contributed by atoms with Crippen molar-refractivity contribution in [1.82, 2.24) is 9.49 Å². The fourth-order valence-electron chi connectivity index (χ4n) is 0.205. The first-order valence-corrected chi connectivity index (χ1v) is 3.11. The van der Waals surface area contributed by atoms with Crippen LogP contribution >= 0.6 is 8.51 Å². The third kappa shape index (κ3) is 7.00. The van der Waals surface area contributed by atoms with Gasteiger partial charge >= 0.3 is 0 Å². The summed E-state index contributed by atoms with van der Waals surface area (Å²) in [5.41, 5.74) is 0. The molecule has 0 radical (unpaired) electrons. The molecule has 0 unspecified atom stereocenters. The van der Waals surface area contributed by atoms with Crippen LogP contribution in [0, 0.1) is 11.3 Å². The molecule has 0 atom stereocenters. The van der Waals surface area contributed by atoms with Gasteiger partial charge in [-0.2, -0.15) is 5.26 Å². The second-order valence-corrected chi connectivity index (χ2v) is 1.68. The van der Waals surface area contributed by atoms with Crippen LogP contribution in [0.4, 0.5) is 0 Å². The molecule has 0 saturated carbocycles. The summed E-state index contributed by atoms with van der Waals surface area (Å²) in [6.45, 7) is 1.43. The van der Waals surface area contributed by atoms with Crippen LogP contribution in [0.2, 0.25) is 0 Å². The van der Waals surface area contributed by atoms with E-state index in [1.165, 1.54) is 6.92 Å². The molecule has 46 valence electrons. The lowest BCUT2D eigenvalue weighted by molar-refractivity contribution is 1.42. The normalized spacial score (nSPS) is 6.22. The van der Waals surface area contributed by atoms with Gasteiger partial charge in [-0.05, 0) is 6.07 Å². The summed E-state index contributed by atoms with van der Waals surface area (Å²) in [7, 11) is 0.806. The van der Waals surface area contributed by atoms with Gasteiger partial charge in [0.05, 0.1) is 6.07 Å². The first kappa shape index (κ1) is 8.00. The summed E-state index contributed by atoms with van der Waals surface area (Å²) in [6, 6.07) is 3.55. The molecule has 0 aliphatic rings. The third-order valence-electron chi connectivity index (χ3n) is 0.409. The topological polar surface area (TPSA) is 49.6 Å². The summed E-state index contributed by atoms with van der Waals surface area (Å²) in [5, 5.41) is 7.32. The van der Waals surface area contributed by atoms with Crippen molar-refractivity contribution in [3.8, 4) is 6.07 Å². The SMILES string of the molecule is CC#N.c1cnpnc1. The number of nitriles is 1. The highest BCUT2D eigenvalue weighted by Crippen LogP contribution is 1.83. The highest BCUT2D eigenvalue weighted by Gasteiger charge is 1.60. The molecule has 0 aromatic carbocycles. The van der Waals surface area contributed by atoms with E-state index in [9.17, 15) is 0 Å². The first-order valence-electron chi connectivity index (χ1n) is 2.31. The van der Waals surface area contributed by atoms with Crippen molar-refractivity contribution in [1.29, 1.82) is 5.26 Å². The van der Waals surface area contributed by atoms with Gasteiger partial charge in [0, 0.05) is 19.3 Å². The largest absolute Gasteiger partial charge is 0.217 e. The Morgan fingerprint density at radius 3 is 2.00 bits per heavy atom. The number of nitrogens with zero attached hydrogens (tertiary/aromatic N) is 3. The van der Waals surface area contributed by atoms with Crippen molar-refractivity contribution >= 4 is 8.51 Å². The Kier molecular flexibility index (Phi) is 6.22. The van der Waals surface area contributed by atoms with Gasteiger partial charge in [0.15, 0.2) is 8.51 Å². The number of aromatic nitrogens is 2. The average molecular weight is 139 g/mol. The first-order chi connectivity index (χ1) is 4.41.